The Balaban J connectivity index is 2.57. The predicted molar refractivity (Wildman–Crippen MR) is 55.2 cm³/mol. The third-order valence-corrected chi connectivity index (χ3v) is 1.88. The van der Waals surface area contributed by atoms with E-state index in [4.69, 9.17) is 4.74 Å². The van der Waals surface area contributed by atoms with Crippen molar-refractivity contribution < 1.29 is 23.8 Å². The highest BCUT2D eigenvalue weighted by molar-refractivity contribution is 5.74. The molecule has 0 aromatic heterocycles. The van der Waals surface area contributed by atoms with Crippen LogP contribution < -0.4 is 4.74 Å². The van der Waals surface area contributed by atoms with Gasteiger partial charge in [0.15, 0.2) is 11.6 Å². The molecule has 1 rings (SSSR count). The van der Waals surface area contributed by atoms with Crippen molar-refractivity contribution in [1.29, 1.82) is 0 Å². The maximum atomic E-state index is 13.3. The van der Waals surface area contributed by atoms with Gasteiger partial charge in [-0.3, -0.25) is 4.79 Å². The molecule has 0 fully saturated rings. The second-order valence-electron chi connectivity index (χ2n) is 3.23. The van der Waals surface area contributed by atoms with E-state index >= 15 is 0 Å². The fourth-order valence-electron chi connectivity index (χ4n) is 1.13. The third-order valence-electron chi connectivity index (χ3n) is 1.88. The average Bonchev–Trinajstić information content (AvgIpc) is 2.27. The molecule has 0 bridgehead atoms. The van der Waals surface area contributed by atoms with E-state index in [1.165, 1.54) is 19.2 Å². The Bertz CT molecular complexity index is 354. The van der Waals surface area contributed by atoms with E-state index in [1.54, 1.807) is 0 Å². The molecule has 5 heteroatoms. The van der Waals surface area contributed by atoms with E-state index in [0.29, 0.717) is 6.29 Å². The number of ether oxygens (including phenoxy) is 2. The van der Waals surface area contributed by atoms with Crippen LogP contribution in [0.4, 0.5) is 4.39 Å². The summed E-state index contributed by atoms with van der Waals surface area (Å²) < 4.78 is 23.0. The number of hydrogen-bond donors (Lipinski definition) is 1. The fourth-order valence-corrected chi connectivity index (χ4v) is 1.13. The first-order chi connectivity index (χ1) is 7.67. The lowest BCUT2D eigenvalue weighted by Gasteiger charge is -2.11. The Morgan fingerprint density at radius 2 is 2.25 bits per heavy atom. The zero-order valence-corrected chi connectivity index (χ0v) is 8.85. The molecule has 0 saturated heterocycles. The largest absolute Gasteiger partial charge is 0.488 e. The molecule has 1 unspecified atom stereocenters. The molecule has 0 aliphatic carbocycles. The molecule has 4 nitrogen and oxygen atoms in total. The van der Waals surface area contributed by atoms with Gasteiger partial charge in [-0.05, 0) is 18.2 Å². The lowest BCUT2D eigenvalue weighted by Crippen LogP contribution is -2.22. The summed E-state index contributed by atoms with van der Waals surface area (Å²) >= 11 is 0. The van der Waals surface area contributed by atoms with Crippen molar-refractivity contribution in [3.8, 4) is 5.75 Å². The summed E-state index contributed by atoms with van der Waals surface area (Å²) in [7, 11) is 1.45. The van der Waals surface area contributed by atoms with Crippen molar-refractivity contribution in [2.24, 2.45) is 0 Å². The molecule has 1 N–H and O–H groups in total. The minimum atomic E-state index is -0.810. The topological polar surface area (TPSA) is 55.8 Å². The number of benzene rings is 1. The monoisotopic (exact) mass is 228 g/mol. The minimum Gasteiger partial charge on any atom is -0.488 e. The summed E-state index contributed by atoms with van der Waals surface area (Å²) in [6.45, 7) is 0.0548. The number of rotatable bonds is 6. The second kappa shape index (κ2) is 6.19. The lowest BCUT2D eigenvalue weighted by atomic mass is 10.2. The van der Waals surface area contributed by atoms with Gasteiger partial charge in [-0.2, -0.15) is 0 Å². The number of halogens is 1. The second-order valence-corrected chi connectivity index (χ2v) is 3.23. The summed E-state index contributed by atoms with van der Waals surface area (Å²) in [5.41, 5.74) is 0.238. The van der Waals surface area contributed by atoms with Crippen LogP contribution in [-0.2, 0) is 4.74 Å². The summed E-state index contributed by atoms with van der Waals surface area (Å²) in [4.78, 5) is 10.4. The van der Waals surface area contributed by atoms with Gasteiger partial charge >= 0.3 is 0 Å². The summed E-state index contributed by atoms with van der Waals surface area (Å²) in [5.74, 6) is -0.630. The SMILES string of the molecule is COCC(O)COc1ccc(C=O)cc1F. The number of hydrogen-bond acceptors (Lipinski definition) is 4. The van der Waals surface area contributed by atoms with Crippen LogP contribution >= 0.6 is 0 Å². The summed E-state index contributed by atoms with van der Waals surface area (Å²) in [6, 6.07) is 3.86. The summed E-state index contributed by atoms with van der Waals surface area (Å²) in [5, 5.41) is 9.27. The van der Waals surface area contributed by atoms with Crippen LogP contribution in [0.1, 0.15) is 10.4 Å². The minimum absolute atomic E-state index is 0.000697. The maximum Gasteiger partial charge on any atom is 0.165 e. The van der Waals surface area contributed by atoms with Crippen LogP contribution in [0.25, 0.3) is 0 Å². The number of aliphatic hydroxyl groups is 1. The molecule has 0 aliphatic rings. The molecular formula is C11H13FO4. The van der Waals surface area contributed by atoms with Crippen LogP contribution in [0.3, 0.4) is 0 Å². The Kier molecular flexibility index (Phi) is 4.88. The lowest BCUT2D eigenvalue weighted by molar-refractivity contribution is 0.0316. The number of methoxy groups -OCH3 is 1. The van der Waals surface area contributed by atoms with Crippen LogP contribution in [0.2, 0.25) is 0 Å². The molecule has 1 aromatic carbocycles. The highest BCUT2D eigenvalue weighted by Gasteiger charge is 2.08. The number of aliphatic hydroxyl groups excluding tert-OH is 1. The Hall–Kier alpha value is -1.46. The molecule has 0 aliphatic heterocycles. The molecule has 1 atom stereocenters. The molecular weight excluding hydrogens is 215 g/mol. The first-order valence-electron chi connectivity index (χ1n) is 4.72. The number of carbonyl (C=O) groups excluding carboxylic acids is 1. The Morgan fingerprint density at radius 1 is 1.50 bits per heavy atom. The Morgan fingerprint density at radius 3 is 2.81 bits per heavy atom. The third kappa shape index (κ3) is 3.60. The van der Waals surface area contributed by atoms with Gasteiger partial charge in [-0.25, -0.2) is 4.39 Å². The molecule has 0 heterocycles. The van der Waals surface area contributed by atoms with Gasteiger partial charge < -0.3 is 14.6 Å². The van der Waals surface area contributed by atoms with Crippen molar-refractivity contribution in [2.45, 2.75) is 6.10 Å². The van der Waals surface area contributed by atoms with Gasteiger partial charge in [0.2, 0.25) is 0 Å². The van der Waals surface area contributed by atoms with E-state index in [9.17, 15) is 14.3 Å². The van der Waals surface area contributed by atoms with Gasteiger partial charge in [0, 0.05) is 12.7 Å². The maximum absolute atomic E-state index is 13.3. The highest BCUT2D eigenvalue weighted by Crippen LogP contribution is 2.17. The zero-order valence-electron chi connectivity index (χ0n) is 8.85. The predicted octanol–water partition coefficient (Wildman–Crippen LogP) is 1.02. The molecule has 88 valence electrons. The van der Waals surface area contributed by atoms with Crippen molar-refractivity contribution in [2.75, 3.05) is 20.3 Å². The molecule has 16 heavy (non-hydrogen) atoms. The van der Waals surface area contributed by atoms with E-state index < -0.39 is 11.9 Å². The summed E-state index contributed by atoms with van der Waals surface area (Å²) in [6.07, 6.45) is -0.262. The van der Waals surface area contributed by atoms with Gasteiger partial charge in [-0.1, -0.05) is 0 Å². The zero-order chi connectivity index (χ0) is 12.0. The van der Waals surface area contributed by atoms with Crippen LogP contribution in [-0.4, -0.2) is 37.8 Å². The molecule has 0 radical (unpaired) electrons. The van der Waals surface area contributed by atoms with E-state index in [-0.39, 0.29) is 24.5 Å². The van der Waals surface area contributed by atoms with Crippen LogP contribution in [0, 0.1) is 5.82 Å². The van der Waals surface area contributed by atoms with E-state index in [0.717, 1.165) is 6.07 Å². The van der Waals surface area contributed by atoms with Gasteiger partial charge in [0.25, 0.3) is 0 Å². The first kappa shape index (κ1) is 12.6. The van der Waals surface area contributed by atoms with Crippen LogP contribution in [0.15, 0.2) is 18.2 Å². The van der Waals surface area contributed by atoms with Crippen molar-refractivity contribution >= 4 is 6.29 Å². The number of carbonyl (C=O) groups is 1. The molecule has 0 spiro atoms. The van der Waals surface area contributed by atoms with Gasteiger partial charge in [0.1, 0.15) is 19.0 Å². The van der Waals surface area contributed by atoms with Gasteiger partial charge in [0.05, 0.1) is 6.61 Å². The van der Waals surface area contributed by atoms with Crippen molar-refractivity contribution in [3.05, 3.63) is 29.6 Å². The first-order valence-corrected chi connectivity index (χ1v) is 4.72. The molecule has 1 aromatic rings. The quantitative estimate of drug-likeness (QED) is 0.739. The van der Waals surface area contributed by atoms with E-state index in [2.05, 4.69) is 4.74 Å². The van der Waals surface area contributed by atoms with Crippen molar-refractivity contribution in [1.82, 2.24) is 0 Å². The Labute approximate surface area is 92.6 Å². The normalized spacial score (nSPS) is 12.2. The van der Waals surface area contributed by atoms with Crippen molar-refractivity contribution in [3.63, 3.8) is 0 Å². The molecule has 0 saturated carbocycles. The molecule has 0 amide bonds. The average molecular weight is 228 g/mol. The smallest absolute Gasteiger partial charge is 0.165 e. The van der Waals surface area contributed by atoms with Crippen LogP contribution in [0.5, 0.6) is 5.75 Å². The van der Waals surface area contributed by atoms with Gasteiger partial charge in [-0.15, -0.1) is 0 Å². The fraction of sp³-hybridized carbons (Fsp3) is 0.364. The standard InChI is InChI=1S/C11H13FO4/c1-15-6-9(14)7-16-11-3-2-8(5-13)4-10(11)12/h2-5,9,14H,6-7H2,1H3. The number of aldehydes is 1. The van der Waals surface area contributed by atoms with E-state index in [1.807, 2.05) is 0 Å². The highest BCUT2D eigenvalue weighted by atomic mass is 19.1.